The molecule has 1 aliphatic heterocycles. The van der Waals surface area contributed by atoms with Gasteiger partial charge in [0, 0.05) is 30.6 Å². The fraction of sp³-hybridized carbons (Fsp3) is 0.538. The smallest absolute Gasteiger partial charge is 0.127 e. The van der Waals surface area contributed by atoms with Crippen LogP contribution < -0.4 is 0 Å². The summed E-state index contributed by atoms with van der Waals surface area (Å²) >= 11 is 5.80. The van der Waals surface area contributed by atoms with Gasteiger partial charge in [0.05, 0.1) is 12.7 Å². The molecule has 1 aromatic carbocycles. The van der Waals surface area contributed by atoms with Crippen LogP contribution in [0, 0.1) is 5.82 Å². The van der Waals surface area contributed by atoms with E-state index in [0.29, 0.717) is 25.1 Å². The van der Waals surface area contributed by atoms with E-state index in [4.69, 9.17) is 16.3 Å². The second kappa shape index (κ2) is 5.80. The SMILES string of the molecule is CC1COC(CCl)CN1Cc1ccccc1F. The first-order valence-corrected chi connectivity index (χ1v) is 6.39. The molecule has 94 valence electrons. The highest BCUT2D eigenvalue weighted by Crippen LogP contribution is 2.17. The molecule has 2 nitrogen and oxygen atoms in total. The summed E-state index contributed by atoms with van der Waals surface area (Å²) in [5.41, 5.74) is 0.731. The Morgan fingerprint density at radius 2 is 2.24 bits per heavy atom. The van der Waals surface area contributed by atoms with Gasteiger partial charge >= 0.3 is 0 Å². The summed E-state index contributed by atoms with van der Waals surface area (Å²) < 4.78 is 19.1. The molecule has 0 aromatic heterocycles. The molecule has 0 N–H and O–H groups in total. The van der Waals surface area contributed by atoms with E-state index in [0.717, 1.165) is 12.1 Å². The Kier molecular flexibility index (Phi) is 4.37. The van der Waals surface area contributed by atoms with Crippen LogP contribution in [0.4, 0.5) is 4.39 Å². The summed E-state index contributed by atoms with van der Waals surface area (Å²) in [4.78, 5) is 2.22. The summed E-state index contributed by atoms with van der Waals surface area (Å²) in [5, 5.41) is 0. The van der Waals surface area contributed by atoms with Crippen molar-refractivity contribution >= 4 is 11.6 Å². The van der Waals surface area contributed by atoms with Crippen LogP contribution in [0.25, 0.3) is 0 Å². The van der Waals surface area contributed by atoms with Crippen LogP contribution in [0.3, 0.4) is 0 Å². The molecule has 4 heteroatoms. The highest BCUT2D eigenvalue weighted by Gasteiger charge is 2.25. The number of alkyl halides is 1. The standard InChI is InChI=1S/C13H17ClFNO/c1-10-9-17-12(6-14)8-16(10)7-11-4-2-3-5-13(11)15/h2-5,10,12H,6-9H2,1H3. The van der Waals surface area contributed by atoms with E-state index in [-0.39, 0.29) is 11.9 Å². The number of ether oxygens (including phenoxy) is 1. The lowest BCUT2D eigenvalue weighted by atomic mass is 10.1. The van der Waals surface area contributed by atoms with Gasteiger partial charge in [-0.15, -0.1) is 11.6 Å². The minimum atomic E-state index is -0.145. The van der Waals surface area contributed by atoms with Crippen molar-refractivity contribution < 1.29 is 9.13 Å². The molecule has 0 bridgehead atoms. The minimum absolute atomic E-state index is 0.0552. The van der Waals surface area contributed by atoms with E-state index in [9.17, 15) is 4.39 Å². The Morgan fingerprint density at radius 3 is 2.94 bits per heavy atom. The predicted octanol–water partition coefficient (Wildman–Crippen LogP) is 2.65. The Labute approximate surface area is 106 Å². The quantitative estimate of drug-likeness (QED) is 0.772. The maximum atomic E-state index is 13.6. The molecule has 1 aromatic rings. The first-order chi connectivity index (χ1) is 8.20. The number of benzene rings is 1. The number of morpholine rings is 1. The number of rotatable bonds is 3. The molecular weight excluding hydrogens is 241 g/mol. The fourth-order valence-corrected chi connectivity index (χ4v) is 2.22. The molecule has 0 saturated carbocycles. The van der Waals surface area contributed by atoms with Gasteiger partial charge in [-0.25, -0.2) is 4.39 Å². The number of nitrogens with zero attached hydrogens (tertiary/aromatic N) is 1. The van der Waals surface area contributed by atoms with E-state index in [1.165, 1.54) is 6.07 Å². The lowest BCUT2D eigenvalue weighted by molar-refractivity contribution is -0.0513. The van der Waals surface area contributed by atoms with Crippen molar-refractivity contribution in [2.24, 2.45) is 0 Å². The number of halogens is 2. The molecular formula is C13H17ClFNO. The average Bonchev–Trinajstić information content (AvgIpc) is 2.35. The van der Waals surface area contributed by atoms with Crippen LogP contribution in [0.15, 0.2) is 24.3 Å². The fourth-order valence-electron chi connectivity index (χ4n) is 2.03. The first-order valence-electron chi connectivity index (χ1n) is 5.85. The third-order valence-electron chi connectivity index (χ3n) is 3.14. The van der Waals surface area contributed by atoms with Gasteiger partial charge < -0.3 is 4.74 Å². The van der Waals surface area contributed by atoms with Gasteiger partial charge in [0.25, 0.3) is 0 Å². The molecule has 2 unspecified atom stereocenters. The summed E-state index contributed by atoms with van der Waals surface area (Å²) in [7, 11) is 0. The van der Waals surface area contributed by atoms with Crippen LogP contribution in [-0.4, -0.2) is 36.1 Å². The molecule has 0 amide bonds. The van der Waals surface area contributed by atoms with Crippen LogP contribution >= 0.6 is 11.6 Å². The Balaban J connectivity index is 2.04. The second-order valence-corrected chi connectivity index (χ2v) is 4.79. The van der Waals surface area contributed by atoms with Crippen molar-refractivity contribution in [2.45, 2.75) is 25.6 Å². The second-order valence-electron chi connectivity index (χ2n) is 4.48. The van der Waals surface area contributed by atoms with Gasteiger partial charge in [-0.05, 0) is 13.0 Å². The van der Waals surface area contributed by atoms with Crippen LogP contribution in [0.5, 0.6) is 0 Å². The third-order valence-corrected chi connectivity index (χ3v) is 3.48. The predicted molar refractivity (Wildman–Crippen MR) is 66.7 cm³/mol. The molecule has 0 spiro atoms. The number of hydrogen-bond acceptors (Lipinski definition) is 2. The Hall–Kier alpha value is -0.640. The number of hydrogen-bond donors (Lipinski definition) is 0. The molecule has 17 heavy (non-hydrogen) atoms. The van der Waals surface area contributed by atoms with Crippen molar-refractivity contribution in [3.8, 4) is 0 Å². The lowest BCUT2D eigenvalue weighted by Crippen LogP contribution is -2.48. The van der Waals surface area contributed by atoms with Crippen LogP contribution in [0.2, 0.25) is 0 Å². The average molecular weight is 258 g/mol. The zero-order valence-electron chi connectivity index (χ0n) is 9.90. The zero-order valence-corrected chi connectivity index (χ0v) is 10.7. The highest BCUT2D eigenvalue weighted by atomic mass is 35.5. The van der Waals surface area contributed by atoms with Gasteiger partial charge in [0.15, 0.2) is 0 Å². The Bertz CT molecular complexity index is 374. The van der Waals surface area contributed by atoms with E-state index in [1.54, 1.807) is 6.07 Å². The van der Waals surface area contributed by atoms with Crippen molar-refractivity contribution in [1.82, 2.24) is 4.90 Å². The molecule has 1 aliphatic rings. The molecule has 2 rings (SSSR count). The molecule has 1 fully saturated rings. The molecule has 1 heterocycles. The van der Waals surface area contributed by atoms with Gasteiger partial charge in [0.2, 0.25) is 0 Å². The van der Waals surface area contributed by atoms with Crippen LogP contribution in [-0.2, 0) is 11.3 Å². The van der Waals surface area contributed by atoms with Crippen molar-refractivity contribution in [3.63, 3.8) is 0 Å². The van der Waals surface area contributed by atoms with E-state index in [1.807, 2.05) is 12.1 Å². The van der Waals surface area contributed by atoms with Gasteiger partial charge in [-0.2, -0.15) is 0 Å². The van der Waals surface area contributed by atoms with Gasteiger partial charge in [0.1, 0.15) is 5.82 Å². The van der Waals surface area contributed by atoms with Crippen molar-refractivity contribution in [3.05, 3.63) is 35.6 Å². The molecule has 0 radical (unpaired) electrons. The van der Waals surface area contributed by atoms with Crippen LogP contribution in [0.1, 0.15) is 12.5 Å². The first kappa shape index (κ1) is 12.8. The van der Waals surface area contributed by atoms with E-state index < -0.39 is 0 Å². The van der Waals surface area contributed by atoms with E-state index >= 15 is 0 Å². The zero-order chi connectivity index (χ0) is 12.3. The lowest BCUT2D eigenvalue weighted by Gasteiger charge is -2.37. The van der Waals surface area contributed by atoms with Crippen molar-refractivity contribution in [2.75, 3.05) is 19.0 Å². The van der Waals surface area contributed by atoms with Gasteiger partial charge in [-0.3, -0.25) is 4.90 Å². The summed E-state index contributed by atoms with van der Waals surface area (Å²) in [6.45, 7) is 4.13. The van der Waals surface area contributed by atoms with E-state index in [2.05, 4.69) is 11.8 Å². The molecule has 1 saturated heterocycles. The normalized spacial score (nSPS) is 26.1. The maximum Gasteiger partial charge on any atom is 0.127 e. The Morgan fingerprint density at radius 1 is 1.47 bits per heavy atom. The minimum Gasteiger partial charge on any atom is -0.374 e. The van der Waals surface area contributed by atoms with Crippen molar-refractivity contribution in [1.29, 1.82) is 0 Å². The van der Waals surface area contributed by atoms with Gasteiger partial charge in [-0.1, -0.05) is 18.2 Å². The summed E-state index contributed by atoms with van der Waals surface area (Å²) in [6.07, 6.45) is 0.0552. The maximum absolute atomic E-state index is 13.6. The summed E-state index contributed by atoms with van der Waals surface area (Å²) in [5.74, 6) is 0.342. The molecule has 0 aliphatic carbocycles. The monoisotopic (exact) mass is 257 g/mol. The molecule has 2 atom stereocenters. The summed E-state index contributed by atoms with van der Waals surface area (Å²) in [6, 6.07) is 7.20. The largest absolute Gasteiger partial charge is 0.374 e. The topological polar surface area (TPSA) is 12.5 Å². The third kappa shape index (κ3) is 3.18. The highest BCUT2D eigenvalue weighted by molar-refractivity contribution is 6.18.